The first kappa shape index (κ1) is 25.0. The summed E-state index contributed by atoms with van der Waals surface area (Å²) >= 11 is 1.41. The van der Waals surface area contributed by atoms with Gasteiger partial charge in [-0.15, -0.1) is 0 Å². The van der Waals surface area contributed by atoms with Crippen LogP contribution in [0, 0.1) is 19.3 Å². The number of nitrogens with zero attached hydrogens (tertiary/aromatic N) is 4. The molecule has 0 bridgehead atoms. The Morgan fingerprint density at radius 3 is 2.54 bits per heavy atom. The molecular weight excluding hydrogens is 458 g/mol. The fraction of sp³-hybridized carbons (Fsp3) is 0.407. The van der Waals surface area contributed by atoms with Crippen LogP contribution in [0.2, 0.25) is 0 Å². The molecular formula is C27H33N5O2S. The molecule has 1 N–H and O–H groups in total. The maximum atomic E-state index is 12.9. The predicted molar refractivity (Wildman–Crippen MR) is 145 cm³/mol. The highest BCUT2D eigenvalue weighted by Crippen LogP contribution is 2.31. The van der Waals surface area contributed by atoms with Gasteiger partial charge in [0.2, 0.25) is 5.17 Å². The van der Waals surface area contributed by atoms with Gasteiger partial charge in [-0.1, -0.05) is 32.6 Å². The predicted octanol–water partition coefficient (Wildman–Crippen LogP) is 6.47. The van der Waals surface area contributed by atoms with Gasteiger partial charge in [-0.05, 0) is 87.3 Å². The summed E-state index contributed by atoms with van der Waals surface area (Å²) in [6.07, 6.45) is 8.56. The molecule has 35 heavy (non-hydrogen) atoms. The fourth-order valence-electron chi connectivity index (χ4n) is 4.36. The molecule has 0 unspecified atom stereocenters. The third-order valence-corrected chi connectivity index (χ3v) is 7.13. The molecule has 7 nitrogen and oxygen atoms in total. The minimum absolute atomic E-state index is 0.0827. The third-order valence-electron chi connectivity index (χ3n) is 6.17. The largest absolute Gasteiger partial charge is 0.494 e. The number of aliphatic imine (C=N–C) groups is 1. The van der Waals surface area contributed by atoms with Gasteiger partial charge >= 0.3 is 0 Å². The first-order valence-electron chi connectivity index (χ1n) is 12.3. The Kier molecular flexibility index (Phi) is 7.90. The number of benzene rings is 1. The maximum absolute atomic E-state index is 12.9. The summed E-state index contributed by atoms with van der Waals surface area (Å²) in [7, 11) is 0. The average molecular weight is 492 g/mol. The van der Waals surface area contributed by atoms with Gasteiger partial charge in [0.1, 0.15) is 10.8 Å². The van der Waals surface area contributed by atoms with E-state index in [1.807, 2.05) is 51.1 Å². The summed E-state index contributed by atoms with van der Waals surface area (Å²) in [5.74, 6) is 0.527. The number of thioether (sulfide) groups is 1. The first-order valence-corrected chi connectivity index (χ1v) is 13.2. The summed E-state index contributed by atoms with van der Waals surface area (Å²) in [6.45, 7) is 8.85. The number of hydrogen-bond donors (Lipinski definition) is 1. The van der Waals surface area contributed by atoms with E-state index in [4.69, 9.17) is 10.1 Å². The van der Waals surface area contributed by atoms with Crippen LogP contribution < -0.4 is 4.74 Å². The van der Waals surface area contributed by atoms with Gasteiger partial charge in [0.05, 0.1) is 12.2 Å². The lowest BCUT2D eigenvalue weighted by Crippen LogP contribution is -2.35. The molecule has 0 radical (unpaired) electrons. The number of aromatic nitrogens is 1. The standard InChI is InChI=1S/C27H33N5O2S/c1-5-7-8-9-10-11-24-30-32-25(28)23(26(33)29-27(32)35-24)17-20-16-18(3)31(19(20)4)21-12-14-22(15-13-21)34-6-2/h12-17,28H,5-11H2,1-4H3. The normalized spacial score (nSPS) is 16.6. The number of nitrogens with one attached hydrogen (secondary N) is 1. The lowest BCUT2D eigenvalue weighted by molar-refractivity contribution is -0.114. The number of fused-ring (bicyclic) bond motifs is 1. The van der Waals surface area contributed by atoms with Gasteiger partial charge in [-0.2, -0.15) is 15.1 Å². The lowest BCUT2D eigenvalue weighted by Gasteiger charge is -2.20. The van der Waals surface area contributed by atoms with Crippen molar-refractivity contribution in [3.63, 3.8) is 0 Å². The van der Waals surface area contributed by atoms with Crippen molar-refractivity contribution in [3.05, 3.63) is 52.9 Å². The number of amides is 1. The second-order valence-electron chi connectivity index (χ2n) is 8.77. The van der Waals surface area contributed by atoms with Crippen LogP contribution in [0.25, 0.3) is 11.8 Å². The molecule has 1 aromatic heterocycles. The lowest BCUT2D eigenvalue weighted by atomic mass is 10.1. The van der Waals surface area contributed by atoms with Gasteiger partial charge in [0.25, 0.3) is 5.91 Å². The molecule has 2 aliphatic rings. The molecule has 184 valence electrons. The van der Waals surface area contributed by atoms with Crippen molar-refractivity contribution in [2.75, 3.05) is 6.61 Å². The van der Waals surface area contributed by atoms with Crippen LogP contribution in [0.15, 0.2) is 46.0 Å². The van der Waals surface area contributed by atoms with Crippen molar-refractivity contribution in [2.45, 2.75) is 66.2 Å². The average Bonchev–Trinajstić information content (AvgIpc) is 3.37. The molecule has 1 amide bonds. The van der Waals surface area contributed by atoms with Crippen LogP contribution in [-0.2, 0) is 4.79 Å². The molecule has 2 aliphatic heterocycles. The van der Waals surface area contributed by atoms with Crippen molar-refractivity contribution >= 4 is 39.8 Å². The van der Waals surface area contributed by atoms with E-state index in [1.165, 1.54) is 42.5 Å². The second kappa shape index (κ2) is 11.1. The van der Waals surface area contributed by atoms with Gasteiger partial charge in [-0.3, -0.25) is 10.2 Å². The van der Waals surface area contributed by atoms with E-state index >= 15 is 0 Å². The number of unbranched alkanes of at least 4 members (excludes halogenated alkanes) is 4. The molecule has 3 heterocycles. The molecule has 0 spiro atoms. The Labute approximate surface area is 211 Å². The number of hydrogen-bond acceptors (Lipinski definition) is 5. The number of amidine groups is 2. The number of ether oxygens (including phenoxy) is 1. The van der Waals surface area contributed by atoms with Crippen molar-refractivity contribution < 1.29 is 9.53 Å². The quantitative estimate of drug-likeness (QED) is 0.305. The fourth-order valence-corrected chi connectivity index (χ4v) is 5.28. The van der Waals surface area contributed by atoms with Crippen molar-refractivity contribution in [3.8, 4) is 11.4 Å². The minimum atomic E-state index is -0.390. The van der Waals surface area contributed by atoms with Crippen LogP contribution >= 0.6 is 11.8 Å². The zero-order chi connectivity index (χ0) is 24.9. The highest BCUT2D eigenvalue weighted by Gasteiger charge is 2.35. The zero-order valence-corrected chi connectivity index (χ0v) is 21.7. The van der Waals surface area contributed by atoms with Gasteiger partial charge in [0, 0.05) is 17.1 Å². The Bertz CT molecular complexity index is 1210. The highest BCUT2D eigenvalue weighted by atomic mass is 32.2. The summed E-state index contributed by atoms with van der Waals surface area (Å²) < 4.78 is 7.69. The SMILES string of the molecule is CCCCCCCC1=NN2C(=N)C(=Cc3cc(C)n(-c4ccc(OCC)cc4)c3C)C(=O)N=C2S1. The van der Waals surface area contributed by atoms with Gasteiger partial charge in [-0.25, -0.2) is 0 Å². The number of carbonyl (C=O) groups excluding carboxylic acids is 1. The Hall–Kier alpha value is -3.13. The Morgan fingerprint density at radius 2 is 1.83 bits per heavy atom. The molecule has 0 saturated carbocycles. The van der Waals surface area contributed by atoms with Crippen LogP contribution in [0.1, 0.15) is 69.3 Å². The Morgan fingerprint density at radius 1 is 1.09 bits per heavy atom. The van der Waals surface area contributed by atoms with Crippen molar-refractivity contribution in [1.82, 2.24) is 9.58 Å². The monoisotopic (exact) mass is 491 g/mol. The van der Waals surface area contributed by atoms with Gasteiger partial charge < -0.3 is 9.30 Å². The first-order chi connectivity index (χ1) is 16.9. The van der Waals surface area contributed by atoms with E-state index in [0.717, 1.165) is 46.3 Å². The van der Waals surface area contributed by atoms with Crippen molar-refractivity contribution in [1.29, 1.82) is 5.41 Å². The summed E-state index contributed by atoms with van der Waals surface area (Å²) in [6, 6.07) is 9.98. The Balaban J connectivity index is 1.54. The van der Waals surface area contributed by atoms with Crippen LogP contribution in [0.5, 0.6) is 5.75 Å². The van der Waals surface area contributed by atoms with Crippen molar-refractivity contribution in [2.24, 2.45) is 10.1 Å². The second-order valence-corrected chi connectivity index (χ2v) is 9.81. The van der Waals surface area contributed by atoms with Crippen LogP contribution in [0.3, 0.4) is 0 Å². The maximum Gasteiger partial charge on any atom is 0.283 e. The highest BCUT2D eigenvalue weighted by molar-refractivity contribution is 8.26. The van der Waals surface area contributed by atoms with E-state index in [9.17, 15) is 4.79 Å². The van der Waals surface area contributed by atoms with E-state index in [0.29, 0.717) is 11.8 Å². The summed E-state index contributed by atoms with van der Waals surface area (Å²) in [5.41, 5.74) is 4.19. The molecule has 4 rings (SSSR count). The molecule has 8 heteroatoms. The number of rotatable bonds is 10. The molecule has 0 fully saturated rings. The van der Waals surface area contributed by atoms with Gasteiger partial charge in [0.15, 0.2) is 5.84 Å². The summed E-state index contributed by atoms with van der Waals surface area (Å²) in [4.78, 5) is 17.1. The molecule has 1 aromatic carbocycles. The number of aryl methyl sites for hydroxylation is 1. The van der Waals surface area contributed by atoms with E-state index in [1.54, 1.807) is 6.08 Å². The topological polar surface area (TPSA) is 83.0 Å². The smallest absolute Gasteiger partial charge is 0.283 e. The van der Waals surface area contributed by atoms with E-state index in [2.05, 4.69) is 21.6 Å². The van der Waals surface area contributed by atoms with E-state index in [-0.39, 0.29) is 17.3 Å². The van der Waals surface area contributed by atoms with Crippen LogP contribution in [-0.4, -0.2) is 38.1 Å². The molecule has 0 saturated heterocycles. The zero-order valence-electron chi connectivity index (χ0n) is 20.9. The number of carbonyl (C=O) groups is 1. The van der Waals surface area contributed by atoms with Crippen LogP contribution in [0.4, 0.5) is 0 Å². The molecule has 0 atom stereocenters. The van der Waals surface area contributed by atoms with E-state index < -0.39 is 0 Å². The number of hydrazone groups is 1. The molecule has 2 aromatic rings. The third kappa shape index (κ3) is 5.42. The summed E-state index contributed by atoms with van der Waals surface area (Å²) in [5, 5.41) is 16.2. The minimum Gasteiger partial charge on any atom is -0.494 e. The molecule has 0 aliphatic carbocycles.